The third-order valence-corrected chi connectivity index (χ3v) is 5.11. The molecule has 0 unspecified atom stereocenters. The van der Waals surface area contributed by atoms with Crippen molar-refractivity contribution in [3.8, 4) is 0 Å². The molecule has 0 atom stereocenters. The van der Waals surface area contributed by atoms with Crippen LogP contribution >= 0.6 is 0 Å². The number of carbonyl (C=O) groups is 2. The number of carbonyl (C=O) groups excluding carboxylic acids is 2. The number of aryl methyl sites for hydroxylation is 1. The van der Waals surface area contributed by atoms with Gasteiger partial charge >= 0.3 is 0 Å². The van der Waals surface area contributed by atoms with Crippen LogP contribution in [0.5, 0.6) is 0 Å². The van der Waals surface area contributed by atoms with Gasteiger partial charge in [-0.1, -0.05) is 29.8 Å². The van der Waals surface area contributed by atoms with E-state index >= 15 is 0 Å². The molecule has 23 heavy (non-hydrogen) atoms. The van der Waals surface area contributed by atoms with Crippen molar-refractivity contribution in [3.63, 3.8) is 0 Å². The number of piperidine rings is 1. The minimum atomic E-state index is 0.107. The summed E-state index contributed by atoms with van der Waals surface area (Å²) in [6.07, 6.45) is 4.00. The number of benzene rings is 1. The normalized spacial score (nSPS) is 20.0. The molecular formula is C19H26N2O2. The molecule has 0 spiro atoms. The maximum absolute atomic E-state index is 12.6. The van der Waals surface area contributed by atoms with Gasteiger partial charge in [0.1, 0.15) is 0 Å². The molecule has 2 fully saturated rings. The van der Waals surface area contributed by atoms with E-state index in [-0.39, 0.29) is 17.6 Å². The average molecular weight is 314 g/mol. The topological polar surface area (TPSA) is 40.6 Å². The molecule has 3 rings (SSSR count). The van der Waals surface area contributed by atoms with E-state index in [9.17, 15) is 9.59 Å². The van der Waals surface area contributed by atoms with E-state index in [0.29, 0.717) is 6.54 Å². The lowest BCUT2D eigenvalue weighted by Gasteiger charge is -2.31. The molecule has 1 aromatic rings. The number of Topliss-reactive ketones (excluding diaryl/α,β-unsaturated/α-hetero) is 1. The summed E-state index contributed by atoms with van der Waals surface area (Å²) in [6, 6.07) is 7.86. The fraction of sp³-hybridized carbons (Fsp3) is 0.579. The van der Waals surface area contributed by atoms with Crippen LogP contribution in [0.2, 0.25) is 0 Å². The van der Waals surface area contributed by atoms with Gasteiger partial charge in [-0.15, -0.1) is 0 Å². The summed E-state index contributed by atoms with van der Waals surface area (Å²) in [6.45, 7) is 6.08. The highest BCUT2D eigenvalue weighted by Gasteiger charge is 2.28. The van der Waals surface area contributed by atoms with Crippen LogP contribution in [-0.4, -0.2) is 54.2 Å². The average Bonchev–Trinajstić information content (AvgIpc) is 3.10. The van der Waals surface area contributed by atoms with Crippen molar-refractivity contribution in [1.82, 2.24) is 9.80 Å². The lowest BCUT2D eigenvalue weighted by Crippen LogP contribution is -2.43. The zero-order valence-corrected chi connectivity index (χ0v) is 14.0. The van der Waals surface area contributed by atoms with Crippen molar-refractivity contribution in [2.75, 3.05) is 32.7 Å². The number of ketones is 1. The van der Waals surface area contributed by atoms with Crippen molar-refractivity contribution in [3.05, 3.63) is 35.4 Å². The van der Waals surface area contributed by atoms with Crippen molar-refractivity contribution in [1.29, 1.82) is 0 Å². The Hall–Kier alpha value is -1.68. The van der Waals surface area contributed by atoms with E-state index < -0.39 is 0 Å². The van der Waals surface area contributed by atoms with Gasteiger partial charge in [0.15, 0.2) is 5.78 Å². The van der Waals surface area contributed by atoms with Crippen molar-refractivity contribution in [2.24, 2.45) is 5.92 Å². The van der Waals surface area contributed by atoms with Crippen LogP contribution in [0.15, 0.2) is 24.3 Å². The maximum atomic E-state index is 12.6. The van der Waals surface area contributed by atoms with E-state index in [1.54, 1.807) is 0 Å². The number of hydrogen-bond acceptors (Lipinski definition) is 3. The zero-order chi connectivity index (χ0) is 16.2. The van der Waals surface area contributed by atoms with Crippen molar-refractivity contribution in [2.45, 2.75) is 32.6 Å². The summed E-state index contributed by atoms with van der Waals surface area (Å²) in [4.78, 5) is 28.9. The standard InChI is InChI=1S/C19H26N2O2/c1-15-4-6-16(7-5-15)19(23)17-8-12-20(13-9-17)14-18(22)21-10-2-3-11-21/h4-7,17H,2-3,8-14H2,1H3. The Bertz CT molecular complexity index is 553. The first-order valence-electron chi connectivity index (χ1n) is 8.74. The third-order valence-electron chi connectivity index (χ3n) is 5.11. The van der Waals surface area contributed by atoms with Gasteiger partial charge in [-0.2, -0.15) is 0 Å². The Labute approximate surface area is 138 Å². The molecule has 124 valence electrons. The van der Waals surface area contributed by atoms with Gasteiger partial charge in [-0.3, -0.25) is 14.5 Å². The Morgan fingerprint density at radius 3 is 2.22 bits per heavy atom. The highest BCUT2D eigenvalue weighted by molar-refractivity contribution is 5.97. The molecule has 2 saturated heterocycles. The zero-order valence-electron chi connectivity index (χ0n) is 14.0. The first-order valence-corrected chi connectivity index (χ1v) is 8.74. The molecule has 0 aromatic heterocycles. The fourth-order valence-electron chi connectivity index (χ4n) is 3.56. The molecule has 1 aromatic carbocycles. The first-order chi connectivity index (χ1) is 11.1. The molecule has 0 radical (unpaired) electrons. The van der Waals surface area contributed by atoms with E-state index in [2.05, 4.69) is 4.90 Å². The summed E-state index contributed by atoms with van der Waals surface area (Å²) in [5, 5.41) is 0. The van der Waals surface area contributed by atoms with Crippen LogP contribution in [0, 0.1) is 12.8 Å². The second kappa shape index (κ2) is 7.26. The molecule has 2 aliphatic heterocycles. The molecule has 0 aliphatic carbocycles. The Morgan fingerprint density at radius 2 is 1.61 bits per heavy atom. The summed E-state index contributed by atoms with van der Waals surface area (Å²) in [5.74, 6) is 0.622. The minimum Gasteiger partial charge on any atom is -0.342 e. The van der Waals surface area contributed by atoms with E-state index in [4.69, 9.17) is 0 Å². The van der Waals surface area contributed by atoms with Gasteiger partial charge in [0.2, 0.25) is 5.91 Å². The third kappa shape index (κ3) is 3.99. The lowest BCUT2D eigenvalue weighted by atomic mass is 9.88. The van der Waals surface area contributed by atoms with Crippen LogP contribution in [0.25, 0.3) is 0 Å². The quantitative estimate of drug-likeness (QED) is 0.802. The smallest absolute Gasteiger partial charge is 0.236 e. The van der Waals surface area contributed by atoms with Crippen LogP contribution in [-0.2, 0) is 4.79 Å². The van der Waals surface area contributed by atoms with Crippen LogP contribution < -0.4 is 0 Å². The number of amides is 1. The predicted molar refractivity (Wildman–Crippen MR) is 90.5 cm³/mol. The maximum Gasteiger partial charge on any atom is 0.236 e. The van der Waals surface area contributed by atoms with Gasteiger partial charge in [-0.25, -0.2) is 0 Å². The first kappa shape index (κ1) is 16.2. The van der Waals surface area contributed by atoms with Crippen LogP contribution in [0.3, 0.4) is 0 Å². The van der Waals surface area contributed by atoms with Crippen LogP contribution in [0.1, 0.15) is 41.6 Å². The summed E-state index contributed by atoms with van der Waals surface area (Å²) in [7, 11) is 0. The van der Waals surface area contributed by atoms with Crippen molar-refractivity contribution < 1.29 is 9.59 Å². The van der Waals surface area contributed by atoms with E-state index in [1.165, 1.54) is 5.56 Å². The van der Waals surface area contributed by atoms with Gasteiger partial charge in [0.25, 0.3) is 0 Å². The summed E-state index contributed by atoms with van der Waals surface area (Å²) < 4.78 is 0. The molecular weight excluding hydrogens is 288 g/mol. The Kier molecular flexibility index (Phi) is 5.11. The second-order valence-electron chi connectivity index (χ2n) is 6.87. The molecule has 4 heteroatoms. The minimum absolute atomic E-state index is 0.107. The highest BCUT2D eigenvalue weighted by Crippen LogP contribution is 2.22. The second-order valence-corrected chi connectivity index (χ2v) is 6.87. The number of nitrogens with zero attached hydrogens (tertiary/aromatic N) is 2. The largest absolute Gasteiger partial charge is 0.342 e. The summed E-state index contributed by atoms with van der Waals surface area (Å²) in [5.41, 5.74) is 2.00. The number of hydrogen-bond donors (Lipinski definition) is 0. The lowest BCUT2D eigenvalue weighted by molar-refractivity contribution is -0.131. The van der Waals surface area contributed by atoms with Gasteiger partial charge in [0, 0.05) is 24.6 Å². The molecule has 1 amide bonds. The van der Waals surface area contributed by atoms with E-state index in [1.807, 2.05) is 36.1 Å². The van der Waals surface area contributed by atoms with Crippen molar-refractivity contribution >= 4 is 11.7 Å². The van der Waals surface area contributed by atoms with Gasteiger partial charge in [-0.05, 0) is 45.7 Å². The van der Waals surface area contributed by atoms with E-state index in [0.717, 1.165) is 57.4 Å². The fourth-order valence-corrected chi connectivity index (χ4v) is 3.56. The SMILES string of the molecule is Cc1ccc(C(=O)C2CCN(CC(=O)N3CCCC3)CC2)cc1. The number of likely N-dealkylation sites (tertiary alicyclic amines) is 2. The number of rotatable bonds is 4. The molecule has 4 nitrogen and oxygen atoms in total. The predicted octanol–water partition coefficient (Wildman–Crippen LogP) is 2.51. The molecule has 0 bridgehead atoms. The van der Waals surface area contributed by atoms with Crippen LogP contribution in [0.4, 0.5) is 0 Å². The van der Waals surface area contributed by atoms with Gasteiger partial charge in [0.05, 0.1) is 6.54 Å². The Morgan fingerprint density at radius 1 is 1.00 bits per heavy atom. The highest BCUT2D eigenvalue weighted by atomic mass is 16.2. The molecule has 2 aliphatic rings. The monoisotopic (exact) mass is 314 g/mol. The Balaban J connectivity index is 1.49. The molecule has 0 saturated carbocycles. The summed E-state index contributed by atoms with van der Waals surface area (Å²) >= 11 is 0. The van der Waals surface area contributed by atoms with Gasteiger partial charge < -0.3 is 4.90 Å². The molecule has 0 N–H and O–H groups in total. The molecule has 2 heterocycles.